The van der Waals surface area contributed by atoms with Gasteiger partial charge in [0.1, 0.15) is 5.82 Å². The zero-order valence-electron chi connectivity index (χ0n) is 23.9. The van der Waals surface area contributed by atoms with Crippen LogP contribution in [0.25, 0.3) is 16.9 Å². The molecule has 2 fully saturated rings. The van der Waals surface area contributed by atoms with Gasteiger partial charge in [-0.25, -0.2) is 22.6 Å². The average Bonchev–Trinajstić information content (AvgIpc) is 3.60. The second-order valence-electron chi connectivity index (χ2n) is 10.7. The van der Waals surface area contributed by atoms with Crippen molar-refractivity contribution in [2.45, 2.75) is 43.6 Å². The molecule has 0 radical (unpaired) electrons. The van der Waals surface area contributed by atoms with E-state index < -0.39 is 24.0 Å². The SMILES string of the molecule is NS(=O)(=O)c1ccc(-n2nc(COCCCCCCCN3CC[S][Ga]4[S]CC[N]4CC3)cc2-c2ccc(F)cc2)cc1. The number of fused-ring (bicyclic) bond motifs is 1. The minimum Gasteiger partial charge on any atom is -0.207 e. The number of benzene rings is 2. The van der Waals surface area contributed by atoms with E-state index in [9.17, 15) is 12.8 Å². The Kier molecular flexibility index (Phi) is 11.9. The Morgan fingerprint density at radius 3 is 2.38 bits per heavy atom. The third kappa shape index (κ3) is 9.11. The first-order valence-electron chi connectivity index (χ1n) is 14.6. The van der Waals surface area contributed by atoms with Crippen LogP contribution in [0.3, 0.4) is 0 Å². The number of nitrogens with two attached hydrogens (primary N) is 1. The second-order valence-corrected chi connectivity index (χ2v) is 27.0. The largest absolute Gasteiger partial charge is 0.207 e. The van der Waals surface area contributed by atoms with Gasteiger partial charge in [0, 0.05) is 5.56 Å². The monoisotopic (exact) mass is 689 g/mol. The van der Waals surface area contributed by atoms with Crippen molar-refractivity contribution in [1.82, 2.24) is 18.3 Å². The fourth-order valence-electron chi connectivity index (χ4n) is 5.29. The summed E-state index contributed by atoms with van der Waals surface area (Å²) in [5.74, 6) is 2.37. The van der Waals surface area contributed by atoms with E-state index in [2.05, 4.69) is 27.9 Å². The summed E-state index contributed by atoms with van der Waals surface area (Å²) < 4.78 is 47.4. The molecule has 0 bridgehead atoms. The molecule has 0 atom stereocenters. The number of primary sulfonamides is 1. The Bertz CT molecular complexity index is 1390. The Morgan fingerprint density at radius 2 is 1.62 bits per heavy atom. The number of hydrogen-bond acceptors (Lipinski definition) is 8. The van der Waals surface area contributed by atoms with Crippen LogP contribution in [0.2, 0.25) is 0 Å². The van der Waals surface area contributed by atoms with Gasteiger partial charge in [0.25, 0.3) is 0 Å². The molecule has 3 aromatic rings. The first kappa shape index (κ1) is 32.1. The van der Waals surface area contributed by atoms with Gasteiger partial charge in [-0.05, 0) is 54.6 Å². The maximum absolute atomic E-state index is 13.6. The normalized spacial score (nSPS) is 16.9. The van der Waals surface area contributed by atoms with Crippen LogP contribution in [0.1, 0.15) is 37.8 Å². The van der Waals surface area contributed by atoms with Gasteiger partial charge in [-0.1, -0.05) is 0 Å². The number of sulfonamides is 1. The van der Waals surface area contributed by atoms with E-state index in [4.69, 9.17) is 15.0 Å². The molecule has 2 aliphatic heterocycles. The minimum atomic E-state index is -3.79. The number of aromatic nitrogens is 2. The molecule has 8 nitrogen and oxygen atoms in total. The standard InChI is InChI=1S/C29H41FN5O3S3.Ga/c30-25-8-6-24(7-9-25)29-22-26(33-35(29)27-10-12-28(13-11-27)41(31,36)37)23-38-19-5-3-1-2-4-16-34(18-21-40)17-14-32-15-20-39;/h6-13,22,39-40H,1-5,14-21,23H2,(H2,31,36,37);/q-1;+3/p-2. The van der Waals surface area contributed by atoms with Crippen molar-refractivity contribution in [2.75, 3.05) is 50.8 Å². The first-order valence-corrected chi connectivity index (χ1v) is 25.3. The van der Waals surface area contributed by atoms with Crippen molar-refractivity contribution in [3.05, 3.63) is 66.1 Å². The molecule has 0 aliphatic carbocycles. The van der Waals surface area contributed by atoms with E-state index in [1.807, 2.05) is 6.07 Å². The summed E-state index contributed by atoms with van der Waals surface area (Å²) in [6.45, 7) is 7.38. The average molecular weight is 691 g/mol. The van der Waals surface area contributed by atoms with E-state index in [-0.39, 0.29) is 10.7 Å². The molecule has 42 heavy (non-hydrogen) atoms. The topological polar surface area (TPSA) is 93.7 Å². The van der Waals surface area contributed by atoms with Gasteiger partial charge < -0.3 is 0 Å². The van der Waals surface area contributed by atoms with Gasteiger partial charge in [0.15, 0.2) is 0 Å². The fourth-order valence-corrected chi connectivity index (χ4v) is 23.0. The van der Waals surface area contributed by atoms with Crippen molar-refractivity contribution in [3.8, 4) is 16.9 Å². The number of unbranched alkanes of at least 4 members (excludes halogenated alkanes) is 4. The number of halogens is 1. The maximum atomic E-state index is 13.6. The molecule has 1 aromatic heterocycles. The van der Waals surface area contributed by atoms with Crippen LogP contribution < -0.4 is 5.14 Å². The Morgan fingerprint density at radius 1 is 0.905 bits per heavy atom. The summed E-state index contributed by atoms with van der Waals surface area (Å²) >= 11 is -1.21. The maximum Gasteiger partial charge on any atom is 0.123 e. The van der Waals surface area contributed by atoms with E-state index in [1.54, 1.807) is 28.9 Å². The van der Waals surface area contributed by atoms with Gasteiger partial charge in [0.2, 0.25) is 10.0 Å². The number of ether oxygens (including phenoxy) is 1. The molecule has 2 aliphatic rings. The molecule has 5 rings (SSSR count). The van der Waals surface area contributed by atoms with E-state index >= 15 is 0 Å². The van der Waals surface area contributed by atoms with Crippen LogP contribution in [-0.2, 0) is 21.4 Å². The van der Waals surface area contributed by atoms with Crippen LogP contribution in [0.4, 0.5) is 4.39 Å². The van der Waals surface area contributed by atoms with Crippen molar-refractivity contribution < 1.29 is 17.5 Å². The fraction of sp³-hybridized carbons (Fsp3) is 0.483. The molecule has 2 N–H and O–H groups in total. The van der Waals surface area contributed by atoms with Crippen LogP contribution in [-0.4, -0.2) is 91.5 Å². The molecule has 0 spiro atoms. The third-order valence-corrected chi connectivity index (χ3v) is 26.2. The van der Waals surface area contributed by atoms with Gasteiger partial charge >= 0.3 is 130 Å². The minimum absolute atomic E-state index is 0.0306. The second kappa shape index (κ2) is 15.6. The predicted molar refractivity (Wildman–Crippen MR) is 172 cm³/mol. The van der Waals surface area contributed by atoms with E-state index in [0.717, 1.165) is 29.8 Å². The number of hydrogen-bond donors (Lipinski definition) is 1. The summed E-state index contributed by atoms with van der Waals surface area (Å²) in [7, 11) is 0.803. The molecule has 2 aromatic carbocycles. The summed E-state index contributed by atoms with van der Waals surface area (Å²) in [5.41, 5.74) is 2.97. The quantitative estimate of drug-likeness (QED) is 0.201. The first-order chi connectivity index (χ1) is 20.4. The Hall–Kier alpha value is -1.29. The third-order valence-electron chi connectivity index (χ3n) is 7.63. The van der Waals surface area contributed by atoms with E-state index in [1.165, 1.54) is 87.8 Å². The Labute approximate surface area is 260 Å². The zero-order valence-corrected chi connectivity index (χ0v) is 28.7. The number of nitrogens with zero attached hydrogens (tertiary/aromatic N) is 4. The van der Waals surface area contributed by atoms with Crippen molar-refractivity contribution in [3.63, 3.8) is 0 Å². The van der Waals surface area contributed by atoms with Gasteiger partial charge in [-0.3, -0.25) is 0 Å². The Balaban J connectivity index is 1.05. The molecule has 0 saturated carbocycles. The molecule has 0 unspecified atom stereocenters. The van der Waals surface area contributed by atoms with Gasteiger partial charge in [-0.2, -0.15) is 5.10 Å². The molecule has 0 amide bonds. The summed E-state index contributed by atoms with van der Waals surface area (Å²) in [5, 5.41) is 9.96. The van der Waals surface area contributed by atoms with Crippen molar-refractivity contribution in [1.29, 1.82) is 0 Å². The van der Waals surface area contributed by atoms with Crippen LogP contribution in [0, 0.1) is 5.82 Å². The van der Waals surface area contributed by atoms with Crippen LogP contribution in [0.5, 0.6) is 0 Å². The van der Waals surface area contributed by atoms with Crippen LogP contribution >= 0.6 is 19.4 Å². The summed E-state index contributed by atoms with van der Waals surface area (Å²) in [6.07, 6.45) is 5.93. The van der Waals surface area contributed by atoms with Gasteiger partial charge in [0.05, 0.1) is 28.6 Å². The van der Waals surface area contributed by atoms with Crippen LogP contribution in [0.15, 0.2) is 59.5 Å². The summed E-state index contributed by atoms with van der Waals surface area (Å²) in [4.78, 5) is 2.70. The smallest absolute Gasteiger partial charge is 0.123 e. The predicted octanol–water partition coefficient (Wildman–Crippen LogP) is 4.88. The van der Waals surface area contributed by atoms with Crippen molar-refractivity contribution >= 4 is 43.4 Å². The van der Waals surface area contributed by atoms with Crippen molar-refractivity contribution in [2.24, 2.45) is 5.14 Å². The van der Waals surface area contributed by atoms with Gasteiger partial charge in [-0.15, -0.1) is 0 Å². The molecular weight excluding hydrogens is 651 g/mol. The molecule has 226 valence electrons. The molecule has 3 heterocycles. The zero-order chi connectivity index (χ0) is 29.4. The van der Waals surface area contributed by atoms with E-state index in [0.29, 0.717) is 18.9 Å². The molecule has 13 heteroatoms. The molecular formula is C29H39FGaN5O3S3. The number of rotatable bonds is 13. The molecule has 2 saturated heterocycles. The summed E-state index contributed by atoms with van der Waals surface area (Å²) in [6, 6.07) is 14.4.